The minimum atomic E-state index is -1.14. The number of aliphatic imine (C=N–C) groups is 2. The quantitative estimate of drug-likeness (QED) is 0.0259. The summed E-state index contributed by atoms with van der Waals surface area (Å²) in [4.78, 5) is 56.3. The lowest BCUT2D eigenvalue weighted by atomic mass is 10.0. The Hall–Kier alpha value is -2.86. The van der Waals surface area contributed by atoms with Crippen LogP contribution >= 0.6 is 0 Å². The highest BCUT2D eigenvalue weighted by atomic mass is 16.6. The van der Waals surface area contributed by atoms with E-state index in [1.54, 1.807) is 0 Å². The van der Waals surface area contributed by atoms with Crippen molar-refractivity contribution in [2.45, 2.75) is 340 Å². The summed E-state index contributed by atoms with van der Waals surface area (Å²) in [5.74, 6) is -1.22. The lowest BCUT2D eigenvalue weighted by Crippen LogP contribution is -2.42. The zero-order valence-electron chi connectivity index (χ0n) is 50.3. The average Bonchev–Trinajstić information content (AvgIpc) is 4.08. The Kier molecular flexibility index (Phi) is 49.2. The zero-order valence-corrected chi connectivity index (χ0v) is 50.3. The number of rotatable bonds is 56. The van der Waals surface area contributed by atoms with E-state index in [9.17, 15) is 29.4 Å². The molecule has 12 heteroatoms. The molecule has 450 valence electrons. The van der Waals surface area contributed by atoms with Crippen molar-refractivity contribution in [1.82, 2.24) is 0 Å². The van der Waals surface area contributed by atoms with Gasteiger partial charge < -0.3 is 29.2 Å². The summed E-state index contributed by atoms with van der Waals surface area (Å²) in [6.07, 6.45) is 60.0. The van der Waals surface area contributed by atoms with Gasteiger partial charge >= 0.3 is 11.9 Å². The molecule has 0 bridgehead atoms. The maximum Gasteiger partial charge on any atom is 0.374 e. The van der Waals surface area contributed by atoms with Gasteiger partial charge in [0.2, 0.25) is 12.1 Å². The average molecular weight is 1090 g/mol. The number of hydrogen-bond acceptors (Lipinski definition) is 12. The number of aliphatic hydroxyl groups excluding tert-OH is 2. The van der Waals surface area contributed by atoms with Crippen molar-refractivity contribution >= 4 is 35.8 Å². The van der Waals surface area contributed by atoms with Gasteiger partial charge in [0.1, 0.15) is 32.0 Å². The Morgan fingerprint density at radius 3 is 0.987 bits per heavy atom. The second-order valence-corrected chi connectivity index (χ2v) is 23.2. The number of carbonyl (C=O) groups is 4. The number of aldehydes is 1. The molecule has 2 rings (SSSR count). The molecule has 2 aliphatic rings. The highest BCUT2D eigenvalue weighted by Crippen LogP contribution is 2.25. The third-order valence-corrected chi connectivity index (χ3v) is 15.6. The molecular weight excluding hydrogens is 969 g/mol. The molecule has 1 atom stereocenters. The molecule has 0 amide bonds. The lowest BCUT2D eigenvalue weighted by molar-refractivity contribution is -0.157. The molecule has 12 nitrogen and oxygen atoms in total. The van der Waals surface area contributed by atoms with Crippen LogP contribution in [0.1, 0.15) is 329 Å². The van der Waals surface area contributed by atoms with Crippen molar-refractivity contribution in [3.63, 3.8) is 0 Å². The van der Waals surface area contributed by atoms with E-state index < -0.39 is 28.8 Å². The maximum atomic E-state index is 12.5. The highest BCUT2D eigenvalue weighted by molar-refractivity contribution is 6.33. The Balaban J connectivity index is 0.000000951. The number of Topliss-reactive ketones (excluding diaryl/α,β-unsaturated/α-hetero) is 1. The summed E-state index contributed by atoms with van der Waals surface area (Å²) in [7, 11) is 0. The van der Waals surface area contributed by atoms with Crippen LogP contribution in [0, 0.1) is 0 Å². The third kappa shape index (κ3) is 41.8. The van der Waals surface area contributed by atoms with E-state index in [0.29, 0.717) is 31.2 Å². The van der Waals surface area contributed by atoms with Crippen LogP contribution in [0.25, 0.3) is 0 Å². The van der Waals surface area contributed by atoms with E-state index in [0.717, 1.165) is 44.9 Å². The zero-order chi connectivity index (χ0) is 56.0. The molecule has 0 aromatic carbocycles. The van der Waals surface area contributed by atoms with E-state index in [2.05, 4.69) is 30.8 Å². The molecule has 2 aliphatic heterocycles. The first-order valence-corrected chi connectivity index (χ1v) is 32.7. The monoisotopic (exact) mass is 1090 g/mol. The second-order valence-electron chi connectivity index (χ2n) is 23.2. The molecule has 0 radical (unpaired) electrons. The van der Waals surface area contributed by atoms with Gasteiger partial charge in [-0.1, -0.05) is 290 Å². The Bertz CT molecular complexity index is 1470. The summed E-state index contributed by atoms with van der Waals surface area (Å²) >= 11 is 0. The molecule has 0 spiro atoms. The first-order chi connectivity index (χ1) is 37.7. The van der Waals surface area contributed by atoms with Gasteiger partial charge in [0.15, 0.2) is 17.3 Å². The summed E-state index contributed by atoms with van der Waals surface area (Å²) in [5, 5.41) is 18.6. The van der Waals surface area contributed by atoms with Gasteiger partial charge in [0.25, 0.3) is 0 Å². The van der Waals surface area contributed by atoms with Gasteiger partial charge in [0, 0.05) is 19.3 Å². The number of unbranched alkanes of at least 4 members (excludes halogenated alkanes) is 42. The number of carbonyl (C=O) groups excluding carboxylic acids is 4. The minimum Gasteiger partial charge on any atom is -0.478 e. The predicted molar refractivity (Wildman–Crippen MR) is 318 cm³/mol. The number of nitrogens with zero attached hydrogens (tertiary/aromatic N) is 2. The minimum absolute atomic E-state index is 0.0632. The van der Waals surface area contributed by atoms with Crippen LogP contribution in [0.3, 0.4) is 0 Å². The topological polar surface area (TPSA) is 170 Å². The fourth-order valence-corrected chi connectivity index (χ4v) is 10.3. The van der Waals surface area contributed by atoms with Gasteiger partial charge in [-0.05, 0) is 19.3 Å². The predicted octanol–water partition coefficient (Wildman–Crippen LogP) is 16.9. The lowest BCUT2D eigenvalue weighted by Gasteiger charge is -2.22. The Morgan fingerprint density at radius 2 is 0.688 bits per heavy atom. The van der Waals surface area contributed by atoms with Crippen molar-refractivity contribution in [3.8, 4) is 0 Å². The third-order valence-electron chi connectivity index (χ3n) is 15.6. The number of esters is 2. The number of ether oxygens (including phenoxy) is 4. The van der Waals surface area contributed by atoms with Crippen LogP contribution in [-0.4, -0.2) is 96.7 Å². The molecule has 0 aromatic rings. The molecule has 0 saturated heterocycles. The Morgan fingerprint density at radius 1 is 0.416 bits per heavy atom. The SMILES string of the molecule is CCCCCCCCCCCCCCCCCC(=O)C(=O)OCC1(COC(=O)C=O)COC(CCCCCCCCCCCCCCCCC)=N1.CCCCCCCCCCCCCCCCCC1=NC(CO)(CO)CO1. The van der Waals surface area contributed by atoms with E-state index in [4.69, 9.17) is 18.9 Å². The van der Waals surface area contributed by atoms with Gasteiger partial charge in [-0.15, -0.1) is 0 Å². The highest BCUT2D eigenvalue weighted by Gasteiger charge is 2.40. The van der Waals surface area contributed by atoms with Crippen LogP contribution in [0.2, 0.25) is 0 Å². The fourth-order valence-electron chi connectivity index (χ4n) is 10.3. The first-order valence-electron chi connectivity index (χ1n) is 32.7. The van der Waals surface area contributed by atoms with E-state index >= 15 is 0 Å². The molecule has 2 N–H and O–H groups in total. The molecule has 1 unspecified atom stereocenters. The summed E-state index contributed by atoms with van der Waals surface area (Å²) < 4.78 is 21.7. The second kappa shape index (κ2) is 52.5. The number of aliphatic hydroxyl groups is 2. The van der Waals surface area contributed by atoms with E-state index in [1.807, 2.05) is 0 Å². The van der Waals surface area contributed by atoms with Gasteiger partial charge in [-0.3, -0.25) is 9.59 Å². The van der Waals surface area contributed by atoms with E-state index in [1.165, 1.54) is 244 Å². The molecule has 77 heavy (non-hydrogen) atoms. The summed E-state index contributed by atoms with van der Waals surface area (Å²) in [6.45, 7) is 6.38. The molecule has 0 aliphatic carbocycles. The van der Waals surface area contributed by atoms with Crippen LogP contribution in [0.15, 0.2) is 9.98 Å². The molecule has 0 saturated carbocycles. The van der Waals surface area contributed by atoms with Gasteiger partial charge in [0.05, 0.1) is 13.2 Å². The standard InChI is InChI=1S/C43H77NO7.C22H43NO3/c1-3-5-7-9-11-13-15-17-19-21-23-25-27-29-31-33-39(46)42(48)51-38-43(37-50-41(47)35-45)36-49-40(44-43)34-32-30-28-26-24-22-20-18-16-14-12-10-8-6-4-2;1-2-3-4-5-6-7-8-9-10-11-12-13-14-15-16-17-21-23-22(18-24,19-25)20-26-21/h35H,3-34,36-38H2,1-2H3;24-25H,2-20H2,1H3. The molecule has 2 heterocycles. The maximum absolute atomic E-state index is 12.5. The normalized spacial score (nSPS) is 15.5. The number of hydrogen-bond donors (Lipinski definition) is 2. The number of ketones is 1. The van der Waals surface area contributed by atoms with Crippen molar-refractivity contribution in [2.75, 3.05) is 39.6 Å². The van der Waals surface area contributed by atoms with Crippen molar-refractivity contribution in [1.29, 1.82) is 0 Å². The summed E-state index contributed by atoms with van der Waals surface area (Å²) in [6, 6.07) is 0. The largest absolute Gasteiger partial charge is 0.478 e. The van der Waals surface area contributed by atoms with Crippen LogP contribution in [0.4, 0.5) is 0 Å². The Labute approximate surface area is 472 Å². The first kappa shape index (κ1) is 72.2. The molecular formula is C65H120N2O10. The van der Waals surface area contributed by atoms with Crippen LogP contribution in [0.5, 0.6) is 0 Å². The smallest absolute Gasteiger partial charge is 0.374 e. The fraction of sp³-hybridized carbons (Fsp3) is 0.908. The van der Waals surface area contributed by atoms with Crippen LogP contribution in [-0.2, 0) is 38.1 Å². The van der Waals surface area contributed by atoms with Crippen molar-refractivity contribution in [3.05, 3.63) is 0 Å². The van der Waals surface area contributed by atoms with Crippen molar-refractivity contribution in [2.24, 2.45) is 9.98 Å². The van der Waals surface area contributed by atoms with Gasteiger partial charge in [-0.25, -0.2) is 19.6 Å². The molecule has 0 aromatic heterocycles. The van der Waals surface area contributed by atoms with Crippen molar-refractivity contribution < 1.29 is 48.3 Å². The summed E-state index contributed by atoms with van der Waals surface area (Å²) in [5.41, 5.74) is -1.93. The van der Waals surface area contributed by atoms with Crippen LogP contribution < -0.4 is 0 Å². The van der Waals surface area contributed by atoms with Gasteiger partial charge in [-0.2, -0.15) is 0 Å². The molecule has 0 fully saturated rings. The van der Waals surface area contributed by atoms with E-state index in [-0.39, 0.29) is 45.7 Å².